The van der Waals surface area contributed by atoms with Gasteiger partial charge in [-0.3, -0.25) is 9.59 Å². The Kier molecular flexibility index (Phi) is 7.12. The minimum Gasteiger partial charge on any atom is -0.394 e. The van der Waals surface area contributed by atoms with Crippen LogP contribution in [0.15, 0.2) is 57.9 Å². The van der Waals surface area contributed by atoms with Crippen molar-refractivity contribution in [3.05, 3.63) is 80.8 Å². The summed E-state index contributed by atoms with van der Waals surface area (Å²) in [5.74, 6) is -6.81. The van der Waals surface area contributed by atoms with Crippen LogP contribution in [-0.4, -0.2) is 16.1 Å². The van der Waals surface area contributed by atoms with Gasteiger partial charge in [0.2, 0.25) is 5.91 Å². The van der Waals surface area contributed by atoms with E-state index in [2.05, 4.69) is 26.6 Å². The number of nitrogens with two attached hydrogens (primary N) is 1. The fraction of sp³-hybridized carbons (Fsp3) is 0.130. The standard InChI is InChI=1S/C23H14BrCl3F7N3O2S/c24-10-5-9(6-12(7-10)40(30,31,32,33)34)17-18(23(17,26)27)22(39)36-11-1-2-14(25)13(8-11)21(38)37-16-4-3-15(28)20(35)19(16)29/h1-8,17-18H,35H2,(H,36,39)(H,37,38). The molecule has 5 nitrogen and oxygen atoms in total. The lowest BCUT2D eigenvalue weighted by Gasteiger charge is -2.40. The lowest BCUT2D eigenvalue weighted by atomic mass is 10.1. The summed E-state index contributed by atoms with van der Waals surface area (Å²) in [7, 11) is -10.1. The summed E-state index contributed by atoms with van der Waals surface area (Å²) in [5, 5.41) is 4.42. The number of halogens is 11. The van der Waals surface area contributed by atoms with Gasteiger partial charge in [0.25, 0.3) is 5.91 Å². The van der Waals surface area contributed by atoms with Gasteiger partial charge >= 0.3 is 10.2 Å². The van der Waals surface area contributed by atoms with Crippen molar-refractivity contribution >= 4 is 89.8 Å². The molecule has 4 N–H and O–H groups in total. The average Bonchev–Trinajstić information content (AvgIpc) is 3.40. The molecule has 17 heteroatoms. The van der Waals surface area contributed by atoms with Crippen LogP contribution in [0.1, 0.15) is 21.8 Å². The normalized spacial score (nSPS) is 19.8. The number of carbonyl (C=O) groups excluding carboxylic acids is 2. The third-order valence-electron chi connectivity index (χ3n) is 5.89. The zero-order valence-electron chi connectivity index (χ0n) is 19.2. The van der Waals surface area contributed by atoms with Gasteiger partial charge in [0.05, 0.1) is 22.2 Å². The first-order valence-corrected chi connectivity index (χ1v) is 14.6. The summed E-state index contributed by atoms with van der Waals surface area (Å²) >= 11 is 21.1. The predicted octanol–water partition coefficient (Wildman–Crippen LogP) is 9.40. The molecule has 0 aliphatic heterocycles. The van der Waals surface area contributed by atoms with Gasteiger partial charge in [0.1, 0.15) is 20.7 Å². The molecule has 216 valence electrons. The molecule has 2 atom stereocenters. The number of nitrogens with one attached hydrogen (secondary N) is 2. The maximum atomic E-state index is 14.2. The zero-order valence-corrected chi connectivity index (χ0v) is 23.9. The van der Waals surface area contributed by atoms with Crippen LogP contribution >= 0.6 is 61.0 Å². The van der Waals surface area contributed by atoms with Crippen molar-refractivity contribution in [3.63, 3.8) is 0 Å². The number of benzene rings is 3. The molecular formula is C23H14BrCl3F7N3O2S. The Bertz CT molecular complexity index is 1590. The van der Waals surface area contributed by atoms with E-state index in [1.54, 1.807) is 0 Å². The van der Waals surface area contributed by atoms with Crippen LogP contribution in [0.4, 0.5) is 45.3 Å². The molecule has 0 heterocycles. The fourth-order valence-corrected chi connectivity index (χ4v) is 6.31. The fourth-order valence-electron chi connectivity index (χ4n) is 3.91. The summed E-state index contributed by atoms with van der Waals surface area (Å²) in [6.45, 7) is 0. The molecular weight excluding hydrogens is 702 g/mol. The van der Waals surface area contributed by atoms with E-state index in [4.69, 9.17) is 40.5 Å². The Morgan fingerprint density at radius 2 is 1.60 bits per heavy atom. The molecule has 3 aromatic rings. The Morgan fingerprint density at radius 3 is 2.23 bits per heavy atom. The van der Waals surface area contributed by atoms with Gasteiger partial charge in [-0.2, -0.15) is 0 Å². The number of hydrogen-bond donors (Lipinski definition) is 3. The molecule has 0 saturated heterocycles. The van der Waals surface area contributed by atoms with Gasteiger partial charge in [0, 0.05) is 16.1 Å². The zero-order chi connectivity index (χ0) is 30.1. The van der Waals surface area contributed by atoms with E-state index >= 15 is 0 Å². The minimum absolute atomic E-state index is 0.0460. The van der Waals surface area contributed by atoms with Crippen LogP contribution in [0.3, 0.4) is 0 Å². The van der Waals surface area contributed by atoms with Crippen LogP contribution in [0.2, 0.25) is 5.02 Å². The van der Waals surface area contributed by atoms with Gasteiger partial charge in [0.15, 0.2) is 5.82 Å². The van der Waals surface area contributed by atoms with Crippen LogP contribution < -0.4 is 16.4 Å². The van der Waals surface area contributed by atoms with E-state index < -0.39 is 66.1 Å². The first-order chi connectivity index (χ1) is 18.1. The number of rotatable bonds is 6. The van der Waals surface area contributed by atoms with Crippen LogP contribution in [0.25, 0.3) is 0 Å². The van der Waals surface area contributed by atoms with Gasteiger partial charge in [-0.15, -0.1) is 23.2 Å². The van der Waals surface area contributed by atoms with E-state index in [1.165, 1.54) is 12.1 Å². The molecule has 1 aliphatic rings. The smallest absolute Gasteiger partial charge is 0.310 e. The quantitative estimate of drug-likeness (QED) is 0.135. The summed E-state index contributed by atoms with van der Waals surface area (Å²) in [6.07, 6.45) is 0. The highest BCUT2D eigenvalue weighted by Gasteiger charge is 2.69. The van der Waals surface area contributed by atoms with Crippen molar-refractivity contribution in [3.8, 4) is 0 Å². The first kappa shape index (κ1) is 30.6. The first-order valence-electron chi connectivity index (χ1n) is 10.7. The van der Waals surface area contributed by atoms with E-state index in [0.29, 0.717) is 0 Å². The van der Waals surface area contributed by atoms with E-state index in [0.717, 1.165) is 24.3 Å². The lowest BCUT2D eigenvalue weighted by molar-refractivity contribution is -0.117. The molecule has 4 rings (SSSR count). The second-order valence-electron chi connectivity index (χ2n) is 8.78. The maximum Gasteiger partial charge on any atom is 0.310 e. The number of hydrogen-bond acceptors (Lipinski definition) is 3. The Labute approximate surface area is 245 Å². The second kappa shape index (κ2) is 9.31. The molecule has 3 aromatic carbocycles. The minimum atomic E-state index is -10.1. The predicted molar refractivity (Wildman–Crippen MR) is 145 cm³/mol. The highest BCUT2D eigenvalue weighted by Crippen LogP contribution is 3.02. The SMILES string of the molecule is Nc1c(F)ccc(NC(=O)c2cc(NC(=O)C3C(c4cc(Br)cc(S(F)(F)(F)(F)F)c4)C3(Cl)Cl)ccc2Cl)c1F. The number of amides is 2. The van der Waals surface area contributed by atoms with Gasteiger partial charge in [-0.1, -0.05) is 47.0 Å². The lowest BCUT2D eigenvalue weighted by Crippen LogP contribution is -2.18. The number of nitrogen functional groups attached to an aromatic ring is 1. The summed E-state index contributed by atoms with van der Waals surface area (Å²) in [4.78, 5) is 23.5. The number of carbonyl (C=O) groups is 2. The monoisotopic (exact) mass is 713 g/mol. The van der Waals surface area contributed by atoms with Crippen LogP contribution in [-0.2, 0) is 4.79 Å². The van der Waals surface area contributed by atoms with E-state index in [-0.39, 0.29) is 38.4 Å². The average molecular weight is 716 g/mol. The Morgan fingerprint density at radius 1 is 0.950 bits per heavy atom. The molecule has 0 aromatic heterocycles. The van der Waals surface area contributed by atoms with Gasteiger partial charge < -0.3 is 16.4 Å². The summed E-state index contributed by atoms with van der Waals surface area (Å²) in [6, 6.07) is 6.79. The highest BCUT2D eigenvalue weighted by molar-refractivity contribution is 9.10. The molecule has 0 spiro atoms. The maximum absolute atomic E-state index is 14.2. The number of anilines is 3. The van der Waals surface area contributed by atoms with Crippen LogP contribution in [0, 0.1) is 17.6 Å². The van der Waals surface area contributed by atoms with Crippen molar-refractivity contribution < 1.29 is 37.8 Å². The van der Waals surface area contributed by atoms with Crippen molar-refractivity contribution in [2.24, 2.45) is 5.92 Å². The molecule has 1 saturated carbocycles. The second-order valence-corrected chi connectivity index (χ2v) is 14.0. The molecule has 0 radical (unpaired) electrons. The molecule has 2 amide bonds. The molecule has 0 bridgehead atoms. The van der Waals surface area contributed by atoms with Crippen molar-refractivity contribution in [1.29, 1.82) is 0 Å². The van der Waals surface area contributed by atoms with Gasteiger partial charge in [-0.25, -0.2) is 8.78 Å². The third kappa shape index (κ3) is 6.10. The molecule has 40 heavy (non-hydrogen) atoms. The third-order valence-corrected chi connectivity index (χ3v) is 8.74. The highest BCUT2D eigenvalue weighted by atomic mass is 79.9. The Hall–Kier alpha value is -2.39. The topological polar surface area (TPSA) is 84.2 Å². The Balaban J connectivity index is 1.57. The van der Waals surface area contributed by atoms with Crippen LogP contribution in [0.5, 0.6) is 0 Å². The van der Waals surface area contributed by atoms with Crippen molar-refractivity contribution in [2.45, 2.75) is 15.1 Å². The van der Waals surface area contributed by atoms with Crippen molar-refractivity contribution in [1.82, 2.24) is 0 Å². The molecule has 1 fully saturated rings. The molecule has 2 unspecified atom stereocenters. The summed E-state index contributed by atoms with van der Waals surface area (Å²) < 4.78 is 92.3. The molecule has 1 aliphatic carbocycles. The van der Waals surface area contributed by atoms with E-state index in [1.807, 2.05) is 0 Å². The van der Waals surface area contributed by atoms with Gasteiger partial charge in [-0.05, 0) is 54.1 Å². The van der Waals surface area contributed by atoms with Crippen molar-refractivity contribution in [2.75, 3.05) is 16.4 Å². The van der Waals surface area contributed by atoms with E-state index in [9.17, 15) is 37.8 Å². The largest absolute Gasteiger partial charge is 0.394 e. The number of alkyl halides is 2. The summed E-state index contributed by atoms with van der Waals surface area (Å²) in [5.41, 5.74) is 3.33.